The summed E-state index contributed by atoms with van der Waals surface area (Å²) in [6.07, 6.45) is 3.17. The van der Waals surface area contributed by atoms with Crippen LogP contribution in [0.2, 0.25) is 0 Å². The zero-order valence-corrected chi connectivity index (χ0v) is 30.6. The van der Waals surface area contributed by atoms with E-state index in [0.717, 1.165) is 11.3 Å². The van der Waals surface area contributed by atoms with Gasteiger partial charge in [-0.25, -0.2) is 0 Å². The summed E-state index contributed by atoms with van der Waals surface area (Å²) >= 11 is 1.87. The second-order valence-electron chi connectivity index (χ2n) is 12.8. The van der Waals surface area contributed by atoms with Crippen LogP contribution in [0.15, 0.2) is 146 Å². The number of fused-ring (bicyclic) bond motifs is 7. The molecule has 0 aliphatic rings. The predicted octanol–water partition coefficient (Wildman–Crippen LogP) is 12.0. The van der Waals surface area contributed by atoms with Gasteiger partial charge in [0, 0.05) is 53.6 Å². The Morgan fingerprint density at radius 2 is 1.35 bits per heavy atom. The van der Waals surface area contributed by atoms with E-state index in [1.54, 1.807) is 36.4 Å². The van der Waals surface area contributed by atoms with Crippen molar-refractivity contribution in [2.75, 3.05) is 0 Å². The Bertz CT molecular complexity index is 2460. The van der Waals surface area contributed by atoms with Gasteiger partial charge in [-0.15, -0.1) is 23.8 Å². The van der Waals surface area contributed by atoms with Crippen molar-refractivity contribution >= 4 is 64.6 Å². The molecule has 8 rings (SSSR count). The van der Waals surface area contributed by atoms with Gasteiger partial charge in [0.1, 0.15) is 5.76 Å². The fraction of sp³-hybridized carbons (Fsp3) is 0.0909. The molecule has 8 aromatic rings. The number of rotatable bonds is 4. The van der Waals surface area contributed by atoms with Crippen LogP contribution in [0.4, 0.5) is 0 Å². The number of nitrogens with zero attached hydrogens (tertiary/aromatic N) is 1. The Labute approximate surface area is 303 Å². The van der Waals surface area contributed by atoms with Crippen molar-refractivity contribution in [3.63, 3.8) is 0 Å². The fourth-order valence-electron chi connectivity index (χ4n) is 6.01. The van der Waals surface area contributed by atoms with Crippen molar-refractivity contribution in [1.82, 2.24) is 4.98 Å². The van der Waals surface area contributed by atoms with Gasteiger partial charge in [-0.05, 0) is 49.0 Å². The molecule has 0 spiro atoms. The number of benzene rings is 6. The quantitative estimate of drug-likeness (QED) is 0.0632. The van der Waals surface area contributed by atoms with E-state index in [2.05, 4.69) is 93.6 Å². The minimum absolute atomic E-state index is 0. The van der Waals surface area contributed by atoms with Gasteiger partial charge in [-0.3, -0.25) is 4.79 Å². The molecule has 6 aromatic carbocycles. The third-order valence-corrected chi connectivity index (χ3v) is 9.84. The maximum atomic E-state index is 11.8. The molecule has 2 aromatic heterocycles. The van der Waals surface area contributed by atoms with Crippen LogP contribution in [0.25, 0.3) is 58.7 Å². The molecule has 0 bridgehead atoms. The van der Waals surface area contributed by atoms with Crippen molar-refractivity contribution in [3.8, 4) is 11.3 Å². The summed E-state index contributed by atoms with van der Waals surface area (Å²) in [5.41, 5.74) is 4.67. The second-order valence-corrected chi connectivity index (χ2v) is 13.9. The number of aromatic nitrogens is 1. The Balaban J connectivity index is 0.000000198. The zero-order chi connectivity index (χ0) is 33.3. The molecular formula is C44H34IrNO2S-. The number of carbonyl (C=O) groups is 1. The van der Waals surface area contributed by atoms with Gasteiger partial charge in [-0.1, -0.05) is 141 Å². The number of carbonyl (C=O) groups excluding carboxylic acids is 1. The van der Waals surface area contributed by atoms with Gasteiger partial charge in [0.05, 0.1) is 0 Å². The van der Waals surface area contributed by atoms with Crippen LogP contribution in [-0.2, 0) is 25.5 Å². The number of pyridine rings is 1. The van der Waals surface area contributed by atoms with Gasteiger partial charge in [0.2, 0.25) is 0 Å². The van der Waals surface area contributed by atoms with Gasteiger partial charge < -0.3 is 10.1 Å². The number of aliphatic hydroxyl groups excluding tert-OH is 1. The summed E-state index contributed by atoms with van der Waals surface area (Å²) in [6.45, 7) is 6.73. The SMILES string of the molecule is CC(C)(C)c1ccnc(-c2[c-]ccc3c2sc2c3ccc3ccc4ccccc4c32)c1.O=C(/C=C(\O)c1ccccc1)c1ccccc1.[Ir]. The van der Waals surface area contributed by atoms with Crippen molar-refractivity contribution in [2.24, 2.45) is 0 Å². The van der Waals surface area contributed by atoms with E-state index in [1.165, 1.54) is 53.4 Å². The molecule has 49 heavy (non-hydrogen) atoms. The average Bonchev–Trinajstić information content (AvgIpc) is 3.51. The first-order valence-corrected chi connectivity index (χ1v) is 16.8. The summed E-state index contributed by atoms with van der Waals surface area (Å²) in [4.78, 5) is 16.5. The number of allylic oxidation sites excluding steroid dienone is 1. The summed E-state index contributed by atoms with van der Waals surface area (Å²) < 4.78 is 2.61. The van der Waals surface area contributed by atoms with Gasteiger partial charge in [0.15, 0.2) is 5.78 Å². The molecule has 0 unspecified atom stereocenters. The normalized spacial score (nSPS) is 11.7. The maximum Gasteiger partial charge on any atom is 0.189 e. The Morgan fingerprint density at radius 3 is 2.08 bits per heavy atom. The van der Waals surface area contributed by atoms with Crippen molar-refractivity contribution in [1.29, 1.82) is 0 Å². The van der Waals surface area contributed by atoms with Gasteiger partial charge in [-0.2, -0.15) is 11.3 Å². The number of aliphatic hydroxyl groups is 1. The van der Waals surface area contributed by atoms with Crippen molar-refractivity contribution in [2.45, 2.75) is 26.2 Å². The third kappa shape index (κ3) is 6.97. The van der Waals surface area contributed by atoms with E-state index in [-0.39, 0.29) is 37.1 Å². The summed E-state index contributed by atoms with van der Waals surface area (Å²) in [5.74, 6) is -0.216. The van der Waals surface area contributed by atoms with Crippen LogP contribution < -0.4 is 0 Å². The topological polar surface area (TPSA) is 50.2 Å². The molecule has 0 amide bonds. The maximum absolute atomic E-state index is 11.8. The monoisotopic (exact) mass is 833 g/mol. The molecule has 0 saturated carbocycles. The van der Waals surface area contributed by atoms with Crippen LogP contribution in [0, 0.1) is 6.07 Å². The third-order valence-electron chi connectivity index (χ3n) is 8.58. The van der Waals surface area contributed by atoms with Crippen molar-refractivity contribution in [3.05, 3.63) is 168 Å². The Morgan fingerprint density at radius 1 is 0.714 bits per heavy atom. The predicted molar refractivity (Wildman–Crippen MR) is 203 cm³/mol. The number of thiophene rings is 1. The molecule has 0 aliphatic heterocycles. The smallest absolute Gasteiger partial charge is 0.189 e. The molecule has 0 fully saturated rings. The van der Waals surface area contributed by atoms with E-state index in [9.17, 15) is 9.90 Å². The van der Waals surface area contributed by atoms with E-state index >= 15 is 0 Å². The molecule has 3 nitrogen and oxygen atoms in total. The molecule has 2 heterocycles. The zero-order valence-electron chi connectivity index (χ0n) is 27.4. The Hall–Kier alpha value is -4.93. The van der Waals surface area contributed by atoms with Crippen LogP contribution >= 0.6 is 11.3 Å². The number of ketones is 1. The molecule has 0 atom stereocenters. The van der Waals surface area contributed by atoms with Crippen LogP contribution in [0.1, 0.15) is 42.3 Å². The molecule has 1 N–H and O–H groups in total. The first-order chi connectivity index (χ1) is 23.3. The summed E-state index contributed by atoms with van der Waals surface area (Å²) in [5, 5.41) is 17.6. The fourth-order valence-corrected chi connectivity index (χ4v) is 7.39. The summed E-state index contributed by atoms with van der Waals surface area (Å²) in [7, 11) is 0. The second kappa shape index (κ2) is 14.3. The molecule has 1 radical (unpaired) electrons. The van der Waals surface area contributed by atoms with Crippen LogP contribution in [0.3, 0.4) is 0 Å². The molecule has 0 saturated heterocycles. The first kappa shape index (κ1) is 34.0. The van der Waals surface area contributed by atoms with Crippen molar-refractivity contribution < 1.29 is 30.0 Å². The molecule has 243 valence electrons. The number of hydrogen-bond donors (Lipinski definition) is 1. The minimum Gasteiger partial charge on any atom is -0.507 e. The van der Waals surface area contributed by atoms with Gasteiger partial charge in [0.25, 0.3) is 0 Å². The number of hydrogen-bond acceptors (Lipinski definition) is 4. The van der Waals surface area contributed by atoms with E-state index in [4.69, 9.17) is 4.98 Å². The standard InChI is InChI=1S/C29H22NS.C15H12O2.Ir/c1-29(2,3)20-15-16-30-25(17-20)24-10-6-9-22-23-14-13-19-12-11-18-7-4-5-8-21(18)26(19)28(23)31-27(22)24;16-14(12-7-3-1-4-8-12)11-15(17)13-9-5-2-6-10-13;/h4-9,11-17H,1-3H3;1-11,16H;/q-1;;/b;14-11-;. The van der Waals surface area contributed by atoms with E-state index in [0.29, 0.717) is 11.1 Å². The molecule has 0 aliphatic carbocycles. The van der Waals surface area contributed by atoms with Crippen LogP contribution in [0.5, 0.6) is 0 Å². The Kier molecular flexibility index (Phi) is 9.89. The largest absolute Gasteiger partial charge is 0.507 e. The minimum atomic E-state index is -0.202. The molecular weight excluding hydrogens is 799 g/mol. The van der Waals surface area contributed by atoms with E-state index < -0.39 is 0 Å². The summed E-state index contributed by atoms with van der Waals surface area (Å²) in [6, 6.07) is 47.6. The molecule has 5 heteroatoms. The van der Waals surface area contributed by atoms with Crippen LogP contribution in [-0.4, -0.2) is 15.9 Å². The average molecular weight is 833 g/mol. The first-order valence-electron chi connectivity index (χ1n) is 16.0. The van der Waals surface area contributed by atoms with Gasteiger partial charge >= 0.3 is 0 Å². The van der Waals surface area contributed by atoms with E-state index in [1.807, 2.05) is 47.9 Å².